The third kappa shape index (κ3) is 4.81. The van der Waals surface area contributed by atoms with Crippen molar-refractivity contribution in [3.63, 3.8) is 0 Å². The highest BCUT2D eigenvalue weighted by molar-refractivity contribution is 6.32. The van der Waals surface area contributed by atoms with E-state index in [1.54, 1.807) is 9.58 Å². The van der Waals surface area contributed by atoms with Gasteiger partial charge in [-0.2, -0.15) is 10.2 Å². The van der Waals surface area contributed by atoms with Crippen LogP contribution in [-0.4, -0.2) is 47.2 Å². The highest BCUT2D eigenvalue weighted by Crippen LogP contribution is 2.22. The molecule has 0 aliphatic carbocycles. The van der Waals surface area contributed by atoms with Crippen molar-refractivity contribution in [1.82, 2.24) is 14.8 Å². The predicted octanol–water partition coefficient (Wildman–Crippen LogP) is 3.22. The zero-order valence-electron chi connectivity index (χ0n) is 16.4. The number of halogens is 2. The van der Waals surface area contributed by atoms with Crippen LogP contribution in [0.15, 0.2) is 59.7 Å². The molecule has 2 aromatic carbocycles. The molecule has 3 aromatic rings. The third-order valence-corrected chi connectivity index (χ3v) is 5.83. The van der Waals surface area contributed by atoms with Crippen molar-refractivity contribution in [3.8, 4) is 5.69 Å². The van der Waals surface area contributed by atoms with Crippen molar-refractivity contribution in [3.05, 3.63) is 81.6 Å². The third-order valence-electron chi connectivity index (χ3n) is 5.21. The normalized spacial score (nSPS) is 15.3. The molecule has 1 aliphatic rings. The smallest absolute Gasteiger partial charge is 0.142 e. The molecule has 0 unspecified atom stereocenters. The number of rotatable bonds is 5. The van der Waals surface area contributed by atoms with Crippen LogP contribution in [0.1, 0.15) is 16.8 Å². The second-order valence-electron chi connectivity index (χ2n) is 7.29. The first-order valence-corrected chi connectivity index (χ1v) is 10.5. The molecule has 7 heteroatoms. The van der Waals surface area contributed by atoms with Crippen LogP contribution in [-0.2, 0) is 6.54 Å². The van der Waals surface area contributed by atoms with E-state index in [0.29, 0.717) is 5.15 Å². The van der Waals surface area contributed by atoms with Crippen LogP contribution < -0.4 is 4.90 Å². The van der Waals surface area contributed by atoms with Gasteiger partial charge in [-0.25, -0.2) is 4.68 Å². The van der Waals surface area contributed by atoms with Crippen LogP contribution in [0.3, 0.4) is 0 Å². The van der Waals surface area contributed by atoms with E-state index in [0.717, 1.165) is 54.7 Å². The fourth-order valence-corrected chi connectivity index (χ4v) is 3.98. The first-order valence-electron chi connectivity index (χ1n) is 9.77. The Morgan fingerprint density at radius 1 is 1.03 bits per heavy atom. The number of para-hydroxylation sites is 1. The molecule has 1 fully saturated rings. The number of piperazine rings is 1. The summed E-state index contributed by atoms with van der Waals surface area (Å²) in [5.74, 6) is 0. The molecule has 0 spiro atoms. The molecule has 1 saturated heterocycles. The molecule has 0 saturated carbocycles. The van der Waals surface area contributed by atoms with E-state index in [1.807, 2.05) is 55.6 Å². The average molecular weight is 429 g/mol. The molecule has 0 amide bonds. The second kappa shape index (κ2) is 8.99. The van der Waals surface area contributed by atoms with Crippen molar-refractivity contribution >= 4 is 29.4 Å². The number of nitrogens with one attached hydrogen (secondary N) is 1. The molecule has 2 heterocycles. The molecule has 29 heavy (non-hydrogen) atoms. The van der Waals surface area contributed by atoms with Crippen molar-refractivity contribution < 1.29 is 4.90 Å². The number of aryl methyl sites for hydroxylation is 1. The summed E-state index contributed by atoms with van der Waals surface area (Å²) < 4.78 is 1.76. The van der Waals surface area contributed by atoms with Gasteiger partial charge in [0.2, 0.25) is 0 Å². The monoisotopic (exact) mass is 428 g/mol. The van der Waals surface area contributed by atoms with Gasteiger partial charge in [-0.15, -0.1) is 0 Å². The van der Waals surface area contributed by atoms with Gasteiger partial charge in [0, 0.05) is 10.6 Å². The number of nitrogens with zero attached hydrogens (tertiary/aromatic N) is 4. The molecule has 1 aromatic heterocycles. The van der Waals surface area contributed by atoms with E-state index >= 15 is 0 Å². The lowest BCUT2D eigenvalue weighted by Crippen LogP contribution is -3.13. The molecule has 0 bridgehead atoms. The molecular weight excluding hydrogens is 405 g/mol. The molecule has 1 aliphatic heterocycles. The Kier molecular flexibility index (Phi) is 6.19. The number of aromatic nitrogens is 2. The van der Waals surface area contributed by atoms with Crippen molar-refractivity contribution in [2.45, 2.75) is 13.5 Å². The SMILES string of the molecule is Cc1nn(-c2ccccc2)c(Cl)c1/C=N\N1CC[NH+](Cc2ccc(Cl)cc2)CC1. The Balaban J connectivity index is 1.37. The van der Waals surface area contributed by atoms with Crippen molar-refractivity contribution in [1.29, 1.82) is 0 Å². The Morgan fingerprint density at radius 3 is 2.41 bits per heavy atom. The number of hydrazone groups is 1. The standard InChI is InChI=1S/C22H23Cl2N5/c1-17-21(22(24)29(26-17)20-5-3-2-4-6-20)15-25-28-13-11-27(12-14-28)16-18-7-9-19(23)10-8-18/h2-10,15H,11-14,16H2,1H3/p+1/b25-15-. The summed E-state index contributed by atoms with van der Waals surface area (Å²) in [6.07, 6.45) is 1.84. The minimum atomic E-state index is 0.587. The summed E-state index contributed by atoms with van der Waals surface area (Å²) in [4.78, 5) is 1.56. The van der Waals surface area contributed by atoms with Gasteiger partial charge in [0.05, 0.1) is 49.3 Å². The topological polar surface area (TPSA) is 37.9 Å². The van der Waals surface area contributed by atoms with Crippen LogP contribution in [0.4, 0.5) is 0 Å². The highest BCUT2D eigenvalue weighted by Gasteiger charge is 2.19. The van der Waals surface area contributed by atoms with Gasteiger partial charge in [0.25, 0.3) is 0 Å². The number of benzene rings is 2. The van der Waals surface area contributed by atoms with Gasteiger partial charge < -0.3 is 4.90 Å². The maximum atomic E-state index is 6.58. The number of hydrogen-bond acceptors (Lipinski definition) is 3. The summed E-state index contributed by atoms with van der Waals surface area (Å²) in [7, 11) is 0. The predicted molar refractivity (Wildman–Crippen MR) is 118 cm³/mol. The maximum absolute atomic E-state index is 6.58. The first kappa shape index (κ1) is 20.0. The Hall–Kier alpha value is -2.34. The van der Waals surface area contributed by atoms with Crippen LogP contribution >= 0.6 is 23.2 Å². The second-order valence-corrected chi connectivity index (χ2v) is 8.08. The summed E-state index contributed by atoms with van der Waals surface area (Å²) in [5.41, 5.74) is 4.00. The van der Waals surface area contributed by atoms with Crippen molar-refractivity contribution in [2.75, 3.05) is 26.2 Å². The van der Waals surface area contributed by atoms with E-state index in [2.05, 4.69) is 27.3 Å². The fourth-order valence-electron chi connectivity index (χ4n) is 3.53. The van der Waals surface area contributed by atoms with Gasteiger partial charge in [0.1, 0.15) is 11.7 Å². The van der Waals surface area contributed by atoms with E-state index in [-0.39, 0.29) is 0 Å². The van der Waals surface area contributed by atoms with Crippen molar-refractivity contribution in [2.24, 2.45) is 5.10 Å². The molecule has 0 atom stereocenters. The van der Waals surface area contributed by atoms with E-state index in [4.69, 9.17) is 23.2 Å². The lowest BCUT2D eigenvalue weighted by atomic mass is 10.2. The van der Waals surface area contributed by atoms with Gasteiger partial charge in [0.15, 0.2) is 0 Å². The number of quaternary nitrogens is 1. The van der Waals surface area contributed by atoms with Gasteiger partial charge >= 0.3 is 0 Å². The van der Waals surface area contributed by atoms with Crippen LogP contribution in [0.5, 0.6) is 0 Å². The number of hydrogen-bond donors (Lipinski definition) is 1. The lowest BCUT2D eigenvalue weighted by molar-refractivity contribution is -0.918. The lowest BCUT2D eigenvalue weighted by Gasteiger charge is -2.30. The van der Waals surface area contributed by atoms with Gasteiger partial charge in [-0.1, -0.05) is 53.5 Å². The first-order chi connectivity index (χ1) is 14.1. The molecule has 1 N–H and O–H groups in total. The molecule has 0 radical (unpaired) electrons. The summed E-state index contributed by atoms with van der Waals surface area (Å²) >= 11 is 12.6. The molecular formula is C22H24Cl2N5+. The molecule has 150 valence electrons. The minimum absolute atomic E-state index is 0.587. The fraction of sp³-hybridized carbons (Fsp3) is 0.273. The van der Waals surface area contributed by atoms with Gasteiger partial charge in [-0.3, -0.25) is 5.01 Å². The minimum Gasteiger partial charge on any atom is -0.328 e. The van der Waals surface area contributed by atoms with Gasteiger partial charge in [-0.05, 0) is 31.2 Å². The summed E-state index contributed by atoms with van der Waals surface area (Å²) in [6.45, 7) is 6.92. The largest absolute Gasteiger partial charge is 0.328 e. The Morgan fingerprint density at radius 2 is 1.72 bits per heavy atom. The Labute approximate surface area is 181 Å². The Bertz CT molecular complexity index is 974. The van der Waals surface area contributed by atoms with Crippen LogP contribution in [0.25, 0.3) is 5.69 Å². The van der Waals surface area contributed by atoms with Crippen LogP contribution in [0, 0.1) is 6.92 Å². The van der Waals surface area contributed by atoms with E-state index in [9.17, 15) is 0 Å². The summed E-state index contributed by atoms with van der Waals surface area (Å²) in [5, 5.41) is 12.7. The zero-order chi connectivity index (χ0) is 20.2. The molecule has 4 rings (SSSR count). The quantitative estimate of drug-likeness (QED) is 0.633. The van der Waals surface area contributed by atoms with Crippen LogP contribution in [0.2, 0.25) is 10.2 Å². The summed E-state index contributed by atoms with van der Waals surface area (Å²) in [6, 6.07) is 18.0. The molecule has 5 nitrogen and oxygen atoms in total. The highest BCUT2D eigenvalue weighted by atomic mass is 35.5. The zero-order valence-corrected chi connectivity index (χ0v) is 17.9. The maximum Gasteiger partial charge on any atom is 0.142 e. The average Bonchev–Trinajstić information content (AvgIpc) is 3.03. The van der Waals surface area contributed by atoms with E-state index < -0.39 is 0 Å². The van der Waals surface area contributed by atoms with E-state index in [1.165, 1.54) is 5.56 Å².